The fourth-order valence-corrected chi connectivity index (χ4v) is 3.01. The van der Waals surface area contributed by atoms with Crippen molar-refractivity contribution in [1.82, 2.24) is 19.7 Å². The summed E-state index contributed by atoms with van der Waals surface area (Å²) < 4.78 is 8.73. The molecule has 0 unspecified atom stereocenters. The number of aromatic nitrogens is 4. The minimum absolute atomic E-state index is 0.393. The number of aryl methyl sites for hydroxylation is 1. The molecule has 0 radical (unpaired) electrons. The molecular weight excluding hydrogens is 381 g/mol. The number of pyridine rings is 2. The van der Waals surface area contributed by atoms with Crippen LogP contribution in [0.4, 0.5) is 5.82 Å². The fraction of sp³-hybridized carbons (Fsp3) is 0.0714. The van der Waals surface area contributed by atoms with Crippen molar-refractivity contribution in [2.24, 2.45) is 7.05 Å². The number of nitrogens with zero attached hydrogens (tertiary/aromatic N) is 4. The number of hydrogen-bond acceptors (Lipinski definition) is 5. The SMILES string of the molecule is Cn1nc2cnccc2c1-c1cc2c(I)cnc(N)c2o1. The van der Waals surface area contributed by atoms with Gasteiger partial charge >= 0.3 is 0 Å². The van der Waals surface area contributed by atoms with Crippen LogP contribution in [-0.4, -0.2) is 19.7 Å². The minimum Gasteiger partial charge on any atom is -0.450 e. The van der Waals surface area contributed by atoms with Crippen LogP contribution >= 0.6 is 22.6 Å². The van der Waals surface area contributed by atoms with E-state index in [1.54, 1.807) is 23.3 Å². The smallest absolute Gasteiger partial charge is 0.177 e. The molecule has 0 amide bonds. The molecule has 0 saturated heterocycles. The van der Waals surface area contributed by atoms with E-state index in [-0.39, 0.29) is 0 Å². The second-order valence-electron chi connectivity index (χ2n) is 4.71. The van der Waals surface area contributed by atoms with Gasteiger partial charge in [0.2, 0.25) is 0 Å². The highest BCUT2D eigenvalue weighted by Gasteiger charge is 2.17. The van der Waals surface area contributed by atoms with E-state index in [9.17, 15) is 0 Å². The Kier molecular flexibility index (Phi) is 2.64. The Hall–Kier alpha value is -2.16. The first-order chi connectivity index (χ1) is 10.1. The molecule has 0 atom stereocenters. The Morgan fingerprint density at radius 3 is 2.95 bits per heavy atom. The predicted molar refractivity (Wildman–Crippen MR) is 88.6 cm³/mol. The van der Waals surface area contributed by atoms with Gasteiger partial charge in [-0.1, -0.05) is 0 Å². The first-order valence-corrected chi connectivity index (χ1v) is 7.33. The van der Waals surface area contributed by atoms with Gasteiger partial charge in [0.05, 0.1) is 6.20 Å². The van der Waals surface area contributed by atoms with Crippen molar-refractivity contribution >= 4 is 50.3 Å². The lowest BCUT2D eigenvalue weighted by Gasteiger charge is -1.97. The topological polar surface area (TPSA) is 82.8 Å². The first-order valence-electron chi connectivity index (χ1n) is 6.26. The van der Waals surface area contributed by atoms with E-state index in [1.165, 1.54) is 0 Å². The van der Waals surface area contributed by atoms with Gasteiger partial charge < -0.3 is 10.2 Å². The van der Waals surface area contributed by atoms with Crippen LogP contribution in [0.2, 0.25) is 0 Å². The lowest BCUT2D eigenvalue weighted by Crippen LogP contribution is -1.92. The van der Waals surface area contributed by atoms with Crippen molar-refractivity contribution in [2.45, 2.75) is 0 Å². The summed E-state index contributed by atoms with van der Waals surface area (Å²) in [5.74, 6) is 1.11. The van der Waals surface area contributed by atoms with Crippen LogP contribution in [0, 0.1) is 3.57 Å². The normalized spacial score (nSPS) is 11.5. The fourth-order valence-electron chi connectivity index (χ4n) is 2.47. The maximum atomic E-state index is 5.94. The third kappa shape index (κ3) is 1.80. The molecule has 0 aliphatic carbocycles. The Balaban J connectivity index is 2.07. The average Bonchev–Trinajstić information content (AvgIpc) is 3.03. The van der Waals surface area contributed by atoms with Gasteiger partial charge in [-0.05, 0) is 34.7 Å². The molecule has 21 heavy (non-hydrogen) atoms. The molecule has 0 aromatic carbocycles. The quantitative estimate of drug-likeness (QED) is 0.505. The van der Waals surface area contributed by atoms with Gasteiger partial charge in [0.15, 0.2) is 17.2 Å². The van der Waals surface area contributed by atoms with Gasteiger partial charge in [-0.3, -0.25) is 9.67 Å². The van der Waals surface area contributed by atoms with Crippen molar-refractivity contribution in [3.8, 4) is 11.5 Å². The number of fused-ring (bicyclic) bond motifs is 2. The number of halogens is 1. The zero-order valence-electron chi connectivity index (χ0n) is 11.0. The molecular formula is C14H10IN5O. The third-order valence-corrected chi connectivity index (χ3v) is 4.27. The van der Waals surface area contributed by atoms with E-state index in [4.69, 9.17) is 10.2 Å². The molecule has 0 bridgehead atoms. The molecule has 104 valence electrons. The second kappa shape index (κ2) is 4.42. The molecule has 4 rings (SSSR count). The van der Waals surface area contributed by atoms with Crippen LogP contribution in [0.1, 0.15) is 0 Å². The second-order valence-corrected chi connectivity index (χ2v) is 5.87. The number of hydrogen-bond donors (Lipinski definition) is 1. The van der Waals surface area contributed by atoms with E-state index < -0.39 is 0 Å². The largest absolute Gasteiger partial charge is 0.450 e. The van der Waals surface area contributed by atoms with E-state index in [1.807, 2.05) is 19.2 Å². The Morgan fingerprint density at radius 1 is 1.29 bits per heavy atom. The summed E-state index contributed by atoms with van der Waals surface area (Å²) in [7, 11) is 1.88. The lowest BCUT2D eigenvalue weighted by molar-refractivity contribution is 0.619. The molecule has 0 fully saturated rings. The molecule has 4 aromatic rings. The minimum atomic E-state index is 0.393. The van der Waals surface area contributed by atoms with Crippen LogP contribution in [0.25, 0.3) is 33.3 Å². The molecule has 6 nitrogen and oxygen atoms in total. The summed E-state index contributed by atoms with van der Waals surface area (Å²) in [5.41, 5.74) is 8.24. The molecule has 0 aliphatic rings. The van der Waals surface area contributed by atoms with Gasteiger partial charge in [0.1, 0.15) is 11.2 Å². The van der Waals surface area contributed by atoms with Crippen LogP contribution < -0.4 is 5.73 Å². The van der Waals surface area contributed by atoms with Crippen LogP contribution in [0.15, 0.2) is 35.1 Å². The average molecular weight is 391 g/mol. The van der Waals surface area contributed by atoms with Gasteiger partial charge in [-0.2, -0.15) is 5.10 Å². The summed E-state index contributed by atoms with van der Waals surface area (Å²) in [4.78, 5) is 8.22. The highest BCUT2D eigenvalue weighted by molar-refractivity contribution is 14.1. The van der Waals surface area contributed by atoms with Crippen molar-refractivity contribution < 1.29 is 4.42 Å². The van der Waals surface area contributed by atoms with Crippen molar-refractivity contribution in [1.29, 1.82) is 0 Å². The predicted octanol–water partition coefficient (Wildman–Crippen LogP) is 2.96. The summed E-state index contributed by atoms with van der Waals surface area (Å²) in [6, 6.07) is 3.91. The maximum Gasteiger partial charge on any atom is 0.177 e. The highest BCUT2D eigenvalue weighted by Crippen LogP contribution is 2.35. The first kappa shape index (κ1) is 12.6. The standard InChI is InChI=1S/C14H10IN5O/c1-20-12(7-2-3-17-6-10(7)19-20)11-4-8-9(15)5-18-14(16)13(8)21-11/h2-6H,1H3,(H2,16,18). The monoisotopic (exact) mass is 391 g/mol. The van der Waals surface area contributed by atoms with E-state index in [0.717, 1.165) is 31.3 Å². The van der Waals surface area contributed by atoms with Gasteiger partial charge in [0, 0.05) is 33.8 Å². The number of nitrogen functional groups attached to an aromatic ring is 1. The van der Waals surface area contributed by atoms with Gasteiger partial charge in [0.25, 0.3) is 0 Å². The lowest BCUT2D eigenvalue weighted by atomic mass is 10.2. The zero-order valence-corrected chi connectivity index (χ0v) is 13.2. The van der Waals surface area contributed by atoms with E-state index in [2.05, 4.69) is 37.7 Å². The Morgan fingerprint density at radius 2 is 2.14 bits per heavy atom. The van der Waals surface area contributed by atoms with E-state index in [0.29, 0.717) is 11.4 Å². The number of furan rings is 1. The molecule has 7 heteroatoms. The zero-order chi connectivity index (χ0) is 14.6. The molecule has 0 aliphatic heterocycles. The van der Waals surface area contributed by atoms with E-state index >= 15 is 0 Å². The Labute approximate surface area is 133 Å². The summed E-state index contributed by atoms with van der Waals surface area (Å²) in [6.45, 7) is 0. The number of anilines is 1. The molecule has 0 spiro atoms. The highest BCUT2D eigenvalue weighted by atomic mass is 127. The summed E-state index contributed by atoms with van der Waals surface area (Å²) in [6.07, 6.45) is 5.22. The molecule has 4 heterocycles. The number of nitrogens with two attached hydrogens (primary N) is 1. The molecule has 2 N–H and O–H groups in total. The van der Waals surface area contributed by atoms with Gasteiger partial charge in [-0.25, -0.2) is 4.98 Å². The van der Waals surface area contributed by atoms with Crippen molar-refractivity contribution in [3.05, 3.63) is 34.3 Å². The van der Waals surface area contributed by atoms with Crippen LogP contribution in [-0.2, 0) is 7.05 Å². The summed E-state index contributed by atoms with van der Waals surface area (Å²) >= 11 is 2.22. The van der Waals surface area contributed by atoms with Crippen LogP contribution in [0.5, 0.6) is 0 Å². The van der Waals surface area contributed by atoms with Crippen molar-refractivity contribution in [3.63, 3.8) is 0 Å². The molecule has 4 aromatic heterocycles. The van der Waals surface area contributed by atoms with Crippen LogP contribution in [0.3, 0.4) is 0 Å². The van der Waals surface area contributed by atoms with Gasteiger partial charge in [-0.15, -0.1) is 0 Å². The number of rotatable bonds is 1. The Bertz CT molecular complexity index is 949. The maximum absolute atomic E-state index is 5.94. The summed E-state index contributed by atoms with van der Waals surface area (Å²) in [5, 5.41) is 6.40. The molecule has 0 saturated carbocycles. The third-order valence-electron chi connectivity index (χ3n) is 3.41. The van der Waals surface area contributed by atoms with Crippen molar-refractivity contribution in [2.75, 3.05) is 5.73 Å².